The Hall–Kier alpha value is -0.820. The quantitative estimate of drug-likeness (QED) is 0.769. The lowest BCUT2D eigenvalue weighted by Gasteiger charge is -2.38. The van der Waals surface area contributed by atoms with E-state index in [1.165, 1.54) is 37.7 Å². The maximum atomic E-state index is 5.64. The fourth-order valence-corrected chi connectivity index (χ4v) is 3.48. The standard InChI is InChI=1S/C17H24O/c1-2-13-3-5-14(6-4-13)15-7-9-16(10-8-15)17-11-12-18-17/h3-6,15-17H,2,7-12H2,1H3. The Morgan fingerprint density at radius 2 is 1.67 bits per heavy atom. The average Bonchev–Trinajstić information content (AvgIpc) is 2.38. The summed E-state index contributed by atoms with van der Waals surface area (Å²) in [5, 5.41) is 0. The van der Waals surface area contributed by atoms with Gasteiger partial charge in [0.2, 0.25) is 0 Å². The lowest BCUT2D eigenvalue weighted by molar-refractivity contribution is -0.0929. The van der Waals surface area contributed by atoms with Crippen LogP contribution in [-0.2, 0) is 11.2 Å². The van der Waals surface area contributed by atoms with E-state index in [2.05, 4.69) is 31.2 Å². The van der Waals surface area contributed by atoms with Crippen LogP contribution in [0, 0.1) is 5.92 Å². The van der Waals surface area contributed by atoms with Crippen LogP contribution in [0.4, 0.5) is 0 Å². The smallest absolute Gasteiger partial charge is 0.0625 e. The molecule has 2 aliphatic rings. The molecule has 18 heavy (non-hydrogen) atoms. The summed E-state index contributed by atoms with van der Waals surface area (Å²) in [4.78, 5) is 0. The summed E-state index contributed by atoms with van der Waals surface area (Å²) >= 11 is 0. The number of hydrogen-bond donors (Lipinski definition) is 0. The van der Waals surface area contributed by atoms with Gasteiger partial charge in [-0.25, -0.2) is 0 Å². The highest BCUT2D eigenvalue weighted by molar-refractivity contribution is 5.25. The van der Waals surface area contributed by atoms with Crippen LogP contribution >= 0.6 is 0 Å². The van der Waals surface area contributed by atoms with E-state index in [9.17, 15) is 0 Å². The summed E-state index contributed by atoms with van der Waals surface area (Å²) in [6.07, 6.45) is 8.50. The van der Waals surface area contributed by atoms with Crippen molar-refractivity contribution in [1.29, 1.82) is 0 Å². The van der Waals surface area contributed by atoms with Gasteiger partial charge in [-0.15, -0.1) is 0 Å². The summed E-state index contributed by atoms with van der Waals surface area (Å²) in [6.45, 7) is 3.22. The molecule has 0 radical (unpaired) electrons. The molecule has 0 spiro atoms. The molecule has 1 aliphatic heterocycles. The van der Waals surface area contributed by atoms with Gasteiger partial charge in [0.05, 0.1) is 6.10 Å². The first-order valence-electron chi connectivity index (χ1n) is 7.57. The van der Waals surface area contributed by atoms with Crippen molar-refractivity contribution >= 4 is 0 Å². The number of ether oxygens (including phenoxy) is 1. The van der Waals surface area contributed by atoms with E-state index < -0.39 is 0 Å². The van der Waals surface area contributed by atoms with Gasteiger partial charge in [0.25, 0.3) is 0 Å². The van der Waals surface area contributed by atoms with Crippen LogP contribution in [0.2, 0.25) is 0 Å². The van der Waals surface area contributed by atoms with Crippen molar-refractivity contribution in [3.8, 4) is 0 Å². The van der Waals surface area contributed by atoms with Gasteiger partial charge in [0.15, 0.2) is 0 Å². The van der Waals surface area contributed by atoms with Crippen molar-refractivity contribution in [3.05, 3.63) is 35.4 Å². The first-order valence-corrected chi connectivity index (χ1v) is 7.57. The summed E-state index contributed by atoms with van der Waals surface area (Å²) in [5.41, 5.74) is 3.01. The van der Waals surface area contributed by atoms with Gasteiger partial charge in [0.1, 0.15) is 0 Å². The van der Waals surface area contributed by atoms with Crippen LogP contribution in [0.3, 0.4) is 0 Å². The minimum absolute atomic E-state index is 0.605. The van der Waals surface area contributed by atoms with Gasteiger partial charge in [-0.2, -0.15) is 0 Å². The summed E-state index contributed by atoms with van der Waals surface area (Å²) in [6, 6.07) is 9.31. The van der Waals surface area contributed by atoms with Crippen molar-refractivity contribution < 1.29 is 4.74 Å². The second-order valence-electron chi connectivity index (χ2n) is 5.90. The molecule has 98 valence electrons. The molecule has 0 N–H and O–H groups in total. The third kappa shape index (κ3) is 2.47. The summed E-state index contributed by atoms with van der Waals surface area (Å²) < 4.78 is 5.64. The zero-order valence-electron chi connectivity index (χ0n) is 11.4. The number of hydrogen-bond acceptors (Lipinski definition) is 1. The second-order valence-corrected chi connectivity index (χ2v) is 5.90. The highest BCUT2D eigenvalue weighted by atomic mass is 16.5. The molecule has 1 aromatic rings. The van der Waals surface area contributed by atoms with Gasteiger partial charge >= 0.3 is 0 Å². The Labute approximate surface area is 111 Å². The molecule has 3 rings (SSSR count). The first kappa shape index (κ1) is 12.2. The molecular weight excluding hydrogens is 220 g/mol. The van der Waals surface area contributed by atoms with Crippen molar-refractivity contribution in [2.24, 2.45) is 5.92 Å². The van der Waals surface area contributed by atoms with Gasteiger partial charge < -0.3 is 4.74 Å². The number of rotatable bonds is 3. The van der Waals surface area contributed by atoms with Crippen molar-refractivity contribution in [3.63, 3.8) is 0 Å². The van der Waals surface area contributed by atoms with E-state index in [0.717, 1.165) is 24.9 Å². The summed E-state index contributed by atoms with van der Waals surface area (Å²) in [7, 11) is 0. The molecule has 1 unspecified atom stereocenters. The fraction of sp³-hybridized carbons (Fsp3) is 0.647. The minimum Gasteiger partial charge on any atom is -0.378 e. The van der Waals surface area contributed by atoms with E-state index in [1.807, 2.05) is 0 Å². The molecule has 0 aromatic heterocycles. The molecule has 2 fully saturated rings. The lowest BCUT2D eigenvalue weighted by atomic mass is 9.75. The Morgan fingerprint density at radius 1 is 1.00 bits per heavy atom. The molecule has 1 saturated heterocycles. The number of benzene rings is 1. The Balaban J connectivity index is 1.57. The molecule has 1 aromatic carbocycles. The zero-order chi connectivity index (χ0) is 12.4. The van der Waals surface area contributed by atoms with Crippen molar-refractivity contribution in [1.82, 2.24) is 0 Å². The molecular formula is C17H24O. The maximum Gasteiger partial charge on any atom is 0.0625 e. The topological polar surface area (TPSA) is 9.23 Å². The average molecular weight is 244 g/mol. The van der Waals surface area contributed by atoms with Crippen molar-refractivity contribution in [2.45, 2.75) is 57.5 Å². The van der Waals surface area contributed by atoms with Crippen molar-refractivity contribution in [2.75, 3.05) is 6.61 Å². The van der Waals surface area contributed by atoms with Crippen LogP contribution < -0.4 is 0 Å². The second kappa shape index (κ2) is 5.44. The largest absolute Gasteiger partial charge is 0.378 e. The van der Waals surface area contributed by atoms with Crippen LogP contribution in [0.1, 0.15) is 56.1 Å². The normalized spacial score (nSPS) is 31.9. The summed E-state index contributed by atoms with van der Waals surface area (Å²) in [5.74, 6) is 1.65. The van der Waals surface area contributed by atoms with Crippen LogP contribution in [-0.4, -0.2) is 12.7 Å². The highest BCUT2D eigenvalue weighted by Crippen LogP contribution is 2.40. The van der Waals surface area contributed by atoms with Gasteiger partial charge in [0, 0.05) is 6.61 Å². The molecule has 1 heteroatoms. The third-order valence-electron chi connectivity index (χ3n) is 4.89. The predicted octanol–water partition coefficient (Wildman–Crippen LogP) is 4.31. The highest BCUT2D eigenvalue weighted by Gasteiger charge is 2.32. The van der Waals surface area contributed by atoms with E-state index in [0.29, 0.717) is 6.10 Å². The predicted molar refractivity (Wildman–Crippen MR) is 74.9 cm³/mol. The van der Waals surface area contributed by atoms with E-state index in [4.69, 9.17) is 4.74 Å². The van der Waals surface area contributed by atoms with Gasteiger partial charge in [-0.05, 0) is 61.5 Å². The Bertz CT molecular complexity index is 369. The lowest BCUT2D eigenvalue weighted by Crippen LogP contribution is -2.36. The molecule has 1 heterocycles. The van der Waals surface area contributed by atoms with E-state index >= 15 is 0 Å². The zero-order valence-corrected chi connectivity index (χ0v) is 11.4. The molecule has 0 bridgehead atoms. The van der Waals surface area contributed by atoms with E-state index in [1.54, 1.807) is 5.56 Å². The SMILES string of the molecule is CCc1ccc(C2CCC(C3CCO3)CC2)cc1. The molecule has 1 aliphatic carbocycles. The Kier molecular flexibility index (Phi) is 3.69. The van der Waals surface area contributed by atoms with E-state index in [-0.39, 0.29) is 0 Å². The fourth-order valence-electron chi connectivity index (χ4n) is 3.48. The van der Waals surface area contributed by atoms with Gasteiger partial charge in [-0.1, -0.05) is 31.2 Å². The van der Waals surface area contributed by atoms with Crippen LogP contribution in [0.15, 0.2) is 24.3 Å². The number of aryl methyl sites for hydroxylation is 1. The molecule has 1 nitrogen and oxygen atoms in total. The van der Waals surface area contributed by atoms with Crippen LogP contribution in [0.5, 0.6) is 0 Å². The van der Waals surface area contributed by atoms with Gasteiger partial charge in [-0.3, -0.25) is 0 Å². The molecule has 1 saturated carbocycles. The third-order valence-corrected chi connectivity index (χ3v) is 4.89. The molecule has 1 atom stereocenters. The first-order chi connectivity index (χ1) is 8.86. The molecule has 0 amide bonds. The maximum absolute atomic E-state index is 5.64. The Morgan fingerprint density at radius 3 is 2.17 bits per heavy atom. The van der Waals surface area contributed by atoms with Crippen LogP contribution in [0.25, 0.3) is 0 Å². The minimum atomic E-state index is 0.605. The monoisotopic (exact) mass is 244 g/mol.